The smallest absolute Gasteiger partial charge is 0.146 e. The Kier molecular flexibility index (Phi) is 3.70. The van der Waals surface area contributed by atoms with E-state index in [2.05, 4.69) is 19.2 Å². The Labute approximate surface area is 103 Å². The number of aryl methyl sites for hydroxylation is 1. The first kappa shape index (κ1) is 12.4. The number of hydrogen-bond acceptors (Lipinski definition) is 1. The SMILES string of the molecule is Cc1ccc(F)c(NC2CC(C)CC(C)C2)c1. The fourth-order valence-electron chi connectivity index (χ4n) is 3.03. The summed E-state index contributed by atoms with van der Waals surface area (Å²) in [6.45, 7) is 6.57. The zero-order chi connectivity index (χ0) is 12.4. The molecular weight excluding hydrogens is 213 g/mol. The van der Waals surface area contributed by atoms with Crippen LogP contribution in [0.5, 0.6) is 0 Å². The van der Waals surface area contributed by atoms with Gasteiger partial charge in [0.25, 0.3) is 0 Å². The molecule has 1 aliphatic rings. The van der Waals surface area contributed by atoms with Crippen molar-refractivity contribution in [1.82, 2.24) is 0 Å². The van der Waals surface area contributed by atoms with Crippen LogP contribution in [0.4, 0.5) is 10.1 Å². The number of hydrogen-bond donors (Lipinski definition) is 1. The van der Waals surface area contributed by atoms with Gasteiger partial charge in [-0.15, -0.1) is 0 Å². The van der Waals surface area contributed by atoms with Crippen LogP contribution in [0.1, 0.15) is 38.7 Å². The number of benzene rings is 1. The Morgan fingerprint density at radius 3 is 2.41 bits per heavy atom. The average molecular weight is 235 g/mol. The van der Waals surface area contributed by atoms with Crippen LogP contribution in [0, 0.1) is 24.6 Å². The summed E-state index contributed by atoms with van der Waals surface area (Å²) in [6.07, 6.45) is 3.60. The first-order valence-corrected chi connectivity index (χ1v) is 6.57. The number of nitrogens with one attached hydrogen (secondary N) is 1. The predicted octanol–water partition coefficient (Wildman–Crippen LogP) is 4.37. The molecule has 1 fully saturated rings. The molecule has 2 unspecified atom stereocenters. The third-order valence-corrected chi connectivity index (χ3v) is 3.66. The second-order valence-corrected chi connectivity index (χ2v) is 5.74. The molecule has 0 saturated heterocycles. The quantitative estimate of drug-likeness (QED) is 0.802. The lowest BCUT2D eigenvalue weighted by molar-refractivity contribution is 0.280. The summed E-state index contributed by atoms with van der Waals surface area (Å²) in [6, 6.07) is 5.68. The van der Waals surface area contributed by atoms with Gasteiger partial charge in [0.2, 0.25) is 0 Å². The van der Waals surface area contributed by atoms with Crippen molar-refractivity contribution in [3.05, 3.63) is 29.6 Å². The third kappa shape index (κ3) is 3.21. The molecule has 2 heteroatoms. The summed E-state index contributed by atoms with van der Waals surface area (Å²) in [4.78, 5) is 0. The molecule has 0 aromatic heterocycles. The van der Waals surface area contributed by atoms with Gasteiger partial charge in [-0.2, -0.15) is 0 Å². The average Bonchev–Trinajstić information content (AvgIpc) is 2.22. The summed E-state index contributed by atoms with van der Waals surface area (Å²) < 4.78 is 13.7. The molecule has 1 aliphatic carbocycles. The van der Waals surface area contributed by atoms with E-state index in [-0.39, 0.29) is 5.82 Å². The fraction of sp³-hybridized carbons (Fsp3) is 0.600. The highest BCUT2D eigenvalue weighted by Crippen LogP contribution is 2.31. The minimum absolute atomic E-state index is 0.138. The van der Waals surface area contributed by atoms with Gasteiger partial charge < -0.3 is 5.32 Å². The van der Waals surface area contributed by atoms with Crippen LogP contribution in [0.2, 0.25) is 0 Å². The van der Waals surface area contributed by atoms with Gasteiger partial charge in [0, 0.05) is 6.04 Å². The van der Waals surface area contributed by atoms with Crippen molar-refractivity contribution in [2.45, 2.75) is 46.1 Å². The lowest BCUT2D eigenvalue weighted by Crippen LogP contribution is -2.30. The number of anilines is 1. The Morgan fingerprint density at radius 1 is 1.12 bits per heavy atom. The maximum absolute atomic E-state index is 13.7. The van der Waals surface area contributed by atoms with E-state index in [9.17, 15) is 4.39 Å². The van der Waals surface area contributed by atoms with E-state index in [1.165, 1.54) is 6.42 Å². The first-order chi connectivity index (χ1) is 8.04. The molecule has 0 heterocycles. The lowest BCUT2D eigenvalue weighted by Gasteiger charge is -2.32. The van der Waals surface area contributed by atoms with E-state index in [1.54, 1.807) is 6.07 Å². The second kappa shape index (κ2) is 5.07. The molecule has 0 spiro atoms. The summed E-state index contributed by atoms with van der Waals surface area (Å²) in [5.74, 6) is 1.34. The molecular formula is C15H22FN. The summed E-state index contributed by atoms with van der Waals surface area (Å²) in [7, 11) is 0. The number of rotatable bonds is 2. The Bertz CT molecular complexity index is 379. The van der Waals surface area contributed by atoms with Crippen molar-refractivity contribution >= 4 is 5.69 Å². The van der Waals surface area contributed by atoms with E-state index in [0.29, 0.717) is 11.7 Å². The standard InChI is InChI=1S/C15H22FN/c1-10-4-5-14(16)15(9-10)17-13-7-11(2)6-12(3)8-13/h4-5,9,11-13,17H,6-8H2,1-3H3. The first-order valence-electron chi connectivity index (χ1n) is 6.57. The summed E-state index contributed by atoms with van der Waals surface area (Å²) >= 11 is 0. The van der Waals surface area contributed by atoms with Crippen LogP contribution in [0.25, 0.3) is 0 Å². The highest BCUT2D eigenvalue weighted by Gasteiger charge is 2.24. The van der Waals surface area contributed by atoms with Crippen LogP contribution in [-0.4, -0.2) is 6.04 Å². The molecule has 0 amide bonds. The molecule has 17 heavy (non-hydrogen) atoms. The highest BCUT2D eigenvalue weighted by atomic mass is 19.1. The predicted molar refractivity (Wildman–Crippen MR) is 70.7 cm³/mol. The molecule has 1 aromatic carbocycles. The molecule has 1 aromatic rings. The number of halogens is 1. The van der Waals surface area contributed by atoms with Gasteiger partial charge in [0.05, 0.1) is 5.69 Å². The Balaban J connectivity index is 2.07. The van der Waals surface area contributed by atoms with Crippen LogP contribution < -0.4 is 5.32 Å². The molecule has 1 nitrogen and oxygen atoms in total. The minimum Gasteiger partial charge on any atom is -0.380 e. The van der Waals surface area contributed by atoms with Gasteiger partial charge in [0.1, 0.15) is 5.82 Å². The highest BCUT2D eigenvalue weighted by molar-refractivity contribution is 5.47. The molecule has 1 N–H and O–H groups in total. The summed E-state index contributed by atoms with van der Waals surface area (Å²) in [5.41, 5.74) is 1.77. The van der Waals surface area contributed by atoms with Crippen molar-refractivity contribution in [2.24, 2.45) is 11.8 Å². The molecule has 0 bridgehead atoms. The van der Waals surface area contributed by atoms with Crippen LogP contribution >= 0.6 is 0 Å². The van der Waals surface area contributed by atoms with Crippen molar-refractivity contribution < 1.29 is 4.39 Å². The van der Waals surface area contributed by atoms with E-state index < -0.39 is 0 Å². The molecule has 0 radical (unpaired) electrons. The summed E-state index contributed by atoms with van der Waals surface area (Å²) in [5, 5.41) is 3.38. The van der Waals surface area contributed by atoms with Gasteiger partial charge >= 0.3 is 0 Å². The fourth-order valence-corrected chi connectivity index (χ4v) is 3.03. The molecule has 94 valence electrons. The van der Waals surface area contributed by atoms with E-state index in [4.69, 9.17) is 0 Å². The van der Waals surface area contributed by atoms with Gasteiger partial charge in [-0.1, -0.05) is 19.9 Å². The third-order valence-electron chi connectivity index (χ3n) is 3.66. The van der Waals surface area contributed by atoms with E-state index >= 15 is 0 Å². The topological polar surface area (TPSA) is 12.0 Å². The van der Waals surface area contributed by atoms with Crippen molar-refractivity contribution in [2.75, 3.05) is 5.32 Å². The lowest BCUT2D eigenvalue weighted by atomic mass is 9.80. The Hall–Kier alpha value is -1.05. The van der Waals surface area contributed by atoms with Gasteiger partial charge in [0.15, 0.2) is 0 Å². The van der Waals surface area contributed by atoms with E-state index in [1.807, 2.05) is 19.1 Å². The van der Waals surface area contributed by atoms with E-state index in [0.717, 1.165) is 30.2 Å². The molecule has 2 atom stereocenters. The van der Waals surface area contributed by atoms with Gasteiger partial charge in [-0.3, -0.25) is 0 Å². The molecule has 2 rings (SSSR count). The van der Waals surface area contributed by atoms with Crippen molar-refractivity contribution in [3.63, 3.8) is 0 Å². The maximum Gasteiger partial charge on any atom is 0.146 e. The monoisotopic (exact) mass is 235 g/mol. The normalized spacial score (nSPS) is 29.1. The molecule has 0 aliphatic heterocycles. The van der Waals surface area contributed by atoms with Crippen LogP contribution in [-0.2, 0) is 0 Å². The Morgan fingerprint density at radius 2 is 1.76 bits per heavy atom. The zero-order valence-electron chi connectivity index (χ0n) is 11.0. The van der Waals surface area contributed by atoms with Gasteiger partial charge in [-0.25, -0.2) is 4.39 Å². The minimum atomic E-state index is -0.138. The van der Waals surface area contributed by atoms with Crippen molar-refractivity contribution in [1.29, 1.82) is 0 Å². The van der Waals surface area contributed by atoms with Crippen LogP contribution in [0.3, 0.4) is 0 Å². The maximum atomic E-state index is 13.7. The second-order valence-electron chi connectivity index (χ2n) is 5.74. The zero-order valence-corrected chi connectivity index (χ0v) is 11.0. The largest absolute Gasteiger partial charge is 0.380 e. The van der Waals surface area contributed by atoms with Crippen LogP contribution in [0.15, 0.2) is 18.2 Å². The molecule has 1 saturated carbocycles. The van der Waals surface area contributed by atoms with Crippen molar-refractivity contribution in [3.8, 4) is 0 Å². The van der Waals surface area contributed by atoms with Gasteiger partial charge in [-0.05, 0) is 55.7 Å².